The second kappa shape index (κ2) is 17.9. The third-order valence-electron chi connectivity index (χ3n) is 8.99. The van der Waals surface area contributed by atoms with Gasteiger partial charge in [-0.25, -0.2) is 8.42 Å². The van der Waals surface area contributed by atoms with E-state index in [1.807, 2.05) is 37.3 Å². The van der Waals surface area contributed by atoms with E-state index in [0.717, 1.165) is 35.6 Å². The molecule has 0 bridgehead atoms. The van der Waals surface area contributed by atoms with Crippen molar-refractivity contribution in [3.63, 3.8) is 0 Å². The number of amides is 2. The highest BCUT2D eigenvalue weighted by Gasteiger charge is 2.36. The lowest BCUT2D eigenvalue weighted by Crippen LogP contribution is -2.54. The summed E-state index contributed by atoms with van der Waals surface area (Å²) in [5.41, 5.74) is 1.59. The van der Waals surface area contributed by atoms with Gasteiger partial charge in [-0.3, -0.25) is 13.9 Å². The Morgan fingerprint density at radius 3 is 2.21 bits per heavy atom. The fourth-order valence-corrected chi connectivity index (χ4v) is 8.16. The molecule has 0 aliphatic heterocycles. The molecule has 0 spiro atoms. The maximum absolute atomic E-state index is 14.9. The summed E-state index contributed by atoms with van der Waals surface area (Å²) in [6, 6.07) is 23.9. The molecule has 4 aromatic rings. The van der Waals surface area contributed by atoms with Crippen LogP contribution in [-0.4, -0.2) is 64.6 Å². The first-order valence-electron chi connectivity index (χ1n) is 17.1. The normalized spacial score (nSPS) is 13.6. The smallest absolute Gasteiger partial charge is 0.264 e. The lowest BCUT2D eigenvalue weighted by molar-refractivity contribution is -0.140. The highest BCUT2D eigenvalue weighted by Crippen LogP contribution is 2.33. The molecule has 10 nitrogen and oxygen atoms in total. The molecule has 1 fully saturated rings. The van der Waals surface area contributed by atoms with E-state index in [-0.39, 0.29) is 41.2 Å². The number of carbonyl (C=O) groups excluding carboxylic acids is 2. The van der Waals surface area contributed by atoms with Crippen LogP contribution >= 0.6 is 23.2 Å². The first kappa shape index (κ1) is 38.8. The number of sulfonamides is 1. The molecule has 0 unspecified atom stereocenters. The van der Waals surface area contributed by atoms with Gasteiger partial charge >= 0.3 is 0 Å². The molecule has 0 radical (unpaired) electrons. The number of halogens is 2. The molecule has 1 atom stereocenters. The zero-order valence-corrected chi connectivity index (χ0v) is 31.7. The fraction of sp³-hybridized carbons (Fsp3) is 0.333. The van der Waals surface area contributed by atoms with Crippen LogP contribution in [0.2, 0.25) is 10.0 Å². The van der Waals surface area contributed by atoms with Crippen molar-refractivity contribution < 1.29 is 32.2 Å². The van der Waals surface area contributed by atoms with Gasteiger partial charge in [0.25, 0.3) is 10.0 Å². The lowest BCUT2D eigenvalue weighted by Gasteiger charge is -2.34. The van der Waals surface area contributed by atoms with Crippen LogP contribution in [0.3, 0.4) is 0 Å². The van der Waals surface area contributed by atoms with Gasteiger partial charge in [0.15, 0.2) is 11.5 Å². The van der Waals surface area contributed by atoms with Gasteiger partial charge in [-0.15, -0.1) is 0 Å². The predicted octanol–water partition coefficient (Wildman–Crippen LogP) is 7.30. The Bertz CT molecular complexity index is 1940. The summed E-state index contributed by atoms with van der Waals surface area (Å²) in [7, 11) is -1.55. The topological polar surface area (TPSA) is 114 Å². The summed E-state index contributed by atoms with van der Waals surface area (Å²) >= 11 is 12.9. The van der Waals surface area contributed by atoms with Crippen molar-refractivity contribution in [3.05, 3.63) is 112 Å². The number of hydrogen-bond donors (Lipinski definition) is 1. The van der Waals surface area contributed by atoms with Crippen LogP contribution in [0, 0.1) is 0 Å². The van der Waals surface area contributed by atoms with Crippen molar-refractivity contribution in [2.75, 3.05) is 31.7 Å². The zero-order valence-electron chi connectivity index (χ0n) is 29.4. The highest BCUT2D eigenvalue weighted by atomic mass is 35.5. The molecule has 1 aliphatic rings. The van der Waals surface area contributed by atoms with Gasteiger partial charge in [0, 0.05) is 35.1 Å². The average molecular weight is 769 g/mol. The Morgan fingerprint density at radius 2 is 1.58 bits per heavy atom. The van der Waals surface area contributed by atoms with Crippen molar-refractivity contribution in [1.29, 1.82) is 0 Å². The molecule has 2 amide bonds. The number of hydrogen-bond acceptors (Lipinski definition) is 7. The number of rotatable bonds is 16. The van der Waals surface area contributed by atoms with Crippen molar-refractivity contribution >= 4 is 50.7 Å². The van der Waals surface area contributed by atoms with Gasteiger partial charge in [0.1, 0.15) is 18.3 Å². The second-order valence-electron chi connectivity index (χ2n) is 12.4. The van der Waals surface area contributed by atoms with E-state index in [4.69, 9.17) is 37.4 Å². The highest BCUT2D eigenvalue weighted by molar-refractivity contribution is 7.92. The molecule has 0 aromatic heterocycles. The maximum Gasteiger partial charge on any atom is 0.264 e. The van der Waals surface area contributed by atoms with Crippen LogP contribution in [-0.2, 0) is 32.6 Å². The zero-order chi connectivity index (χ0) is 37.3. The number of benzene rings is 4. The number of methoxy groups -OCH3 is 2. The Kier molecular flexibility index (Phi) is 13.3. The van der Waals surface area contributed by atoms with E-state index in [1.54, 1.807) is 42.5 Å². The van der Waals surface area contributed by atoms with E-state index < -0.39 is 28.5 Å². The molecule has 4 aromatic carbocycles. The number of ether oxygens (including phenoxy) is 3. The van der Waals surface area contributed by atoms with Crippen molar-refractivity contribution in [3.8, 4) is 17.2 Å². The summed E-state index contributed by atoms with van der Waals surface area (Å²) in [5, 5.41) is 3.89. The molecular formula is C39H43Cl2N3O7S. The molecular weight excluding hydrogens is 725 g/mol. The van der Waals surface area contributed by atoms with E-state index >= 15 is 0 Å². The Morgan fingerprint density at radius 1 is 0.885 bits per heavy atom. The molecule has 1 aliphatic carbocycles. The van der Waals surface area contributed by atoms with Crippen molar-refractivity contribution in [2.24, 2.45) is 0 Å². The minimum absolute atomic E-state index is 0.0207. The number of nitrogens with zero attached hydrogens (tertiary/aromatic N) is 2. The minimum Gasteiger partial charge on any atom is -0.494 e. The third kappa shape index (κ3) is 9.50. The maximum atomic E-state index is 14.9. The fourth-order valence-electron chi connectivity index (χ4n) is 6.26. The standard InChI is InChI=1S/C39H43Cl2N3O7S/c1-4-51-32-18-16-31(17-19-32)44(52(47,48)33-20-21-36(49-2)37(24-33)50-3)26-38(45)43(25-28-14-15-29(40)23-34(28)41)35(22-27-10-6-5-7-11-27)39(46)42-30-12-8-9-13-30/h5-7,10-11,14-21,23-24,30,35H,4,8-9,12-13,22,25-26H2,1-3H3,(H,42,46)/t35-/m0/s1. The molecule has 0 saturated heterocycles. The van der Waals surface area contributed by atoms with Crippen LogP contribution in [0.25, 0.3) is 0 Å². The van der Waals surface area contributed by atoms with Crippen LogP contribution in [0.5, 0.6) is 17.2 Å². The number of anilines is 1. The van der Waals surface area contributed by atoms with Gasteiger partial charge in [0.2, 0.25) is 11.8 Å². The number of nitrogens with one attached hydrogen (secondary N) is 1. The average Bonchev–Trinajstić information content (AvgIpc) is 3.66. The predicted molar refractivity (Wildman–Crippen MR) is 203 cm³/mol. The van der Waals surface area contributed by atoms with E-state index in [2.05, 4.69) is 5.32 Å². The van der Waals surface area contributed by atoms with E-state index in [1.165, 1.54) is 37.3 Å². The molecule has 1 saturated carbocycles. The second-order valence-corrected chi connectivity index (χ2v) is 15.1. The monoisotopic (exact) mass is 767 g/mol. The van der Waals surface area contributed by atoms with Gasteiger partial charge in [-0.05, 0) is 79.4 Å². The van der Waals surface area contributed by atoms with Crippen LogP contribution in [0.15, 0.2) is 95.9 Å². The first-order chi connectivity index (χ1) is 25.0. The molecule has 52 heavy (non-hydrogen) atoms. The van der Waals surface area contributed by atoms with Crippen LogP contribution in [0.1, 0.15) is 43.7 Å². The minimum atomic E-state index is -4.41. The van der Waals surface area contributed by atoms with Crippen LogP contribution in [0.4, 0.5) is 5.69 Å². The molecule has 5 rings (SSSR count). The molecule has 0 heterocycles. The van der Waals surface area contributed by atoms with E-state index in [0.29, 0.717) is 33.7 Å². The molecule has 1 N–H and O–H groups in total. The van der Waals surface area contributed by atoms with Crippen molar-refractivity contribution in [2.45, 2.75) is 62.6 Å². The summed E-state index contributed by atoms with van der Waals surface area (Å²) in [6.45, 7) is 1.53. The van der Waals surface area contributed by atoms with E-state index in [9.17, 15) is 18.0 Å². The molecule has 276 valence electrons. The van der Waals surface area contributed by atoms with Gasteiger partial charge in [-0.1, -0.05) is 72.4 Å². The summed E-state index contributed by atoms with van der Waals surface area (Å²) in [5.74, 6) is 0.128. The van der Waals surface area contributed by atoms with Crippen LogP contribution < -0.4 is 23.8 Å². The summed E-state index contributed by atoms with van der Waals surface area (Å²) in [4.78, 5) is 30.4. The lowest BCUT2D eigenvalue weighted by atomic mass is 10.0. The Labute approximate surface area is 315 Å². The molecule has 13 heteroatoms. The number of carbonyl (C=O) groups is 2. The van der Waals surface area contributed by atoms with Gasteiger partial charge < -0.3 is 24.4 Å². The Hall–Kier alpha value is -4.45. The van der Waals surface area contributed by atoms with Crippen molar-refractivity contribution in [1.82, 2.24) is 10.2 Å². The summed E-state index contributed by atoms with van der Waals surface area (Å²) in [6.07, 6.45) is 3.87. The quantitative estimate of drug-likeness (QED) is 0.127. The first-order valence-corrected chi connectivity index (χ1v) is 19.3. The largest absolute Gasteiger partial charge is 0.494 e. The SMILES string of the molecule is CCOc1ccc(N(CC(=O)N(Cc2ccc(Cl)cc2Cl)[C@@H](Cc2ccccc2)C(=O)NC2CCCC2)S(=O)(=O)c2ccc(OC)c(OC)c2)cc1. The summed E-state index contributed by atoms with van der Waals surface area (Å²) < 4.78 is 46.5. The van der Waals surface area contributed by atoms with Gasteiger partial charge in [-0.2, -0.15) is 0 Å². The Balaban J connectivity index is 1.60. The third-order valence-corrected chi connectivity index (χ3v) is 11.3. The van der Waals surface area contributed by atoms with Gasteiger partial charge in [0.05, 0.1) is 31.4 Å².